The monoisotopic (exact) mass is 295 g/mol. The number of nitro benzene ring substituents is 1. The molecular weight excluding hydrogens is 278 g/mol. The van der Waals surface area contributed by atoms with E-state index < -0.39 is 11.2 Å². The number of benzene rings is 1. The number of nitrogens with zero attached hydrogens (tertiary/aromatic N) is 1. The maximum absolute atomic E-state index is 10.8. The highest BCUT2D eigenvalue weighted by Gasteiger charge is 2.24. The molecule has 0 amide bonds. The third kappa shape index (κ3) is 4.71. The Morgan fingerprint density at radius 3 is 2.71 bits per heavy atom. The van der Waals surface area contributed by atoms with E-state index >= 15 is 0 Å². The van der Waals surface area contributed by atoms with Gasteiger partial charge < -0.3 is 14.2 Å². The fraction of sp³-hybridized carbons (Fsp3) is 0.500. The van der Waals surface area contributed by atoms with Crippen LogP contribution in [-0.4, -0.2) is 29.9 Å². The highest BCUT2D eigenvalue weighted by molar-refractivity contribution is 5.65. The summed E-state index contributed by atoms with van der Waals surface area (Å²) >= 11 is 0. The number of esters is 1. The molecule has 7 heteroatoms. The minimum Gasteiger partial charge on any atom is -0.465 e. The first-order chi connectivity index (χ1) is 10.0. The molecule has 0 radical (unpaired) electrons. The molecule has 2 atom stereocenters. The van der Waals surface area contributed by atoms with E-state index in [1.54, 1.807) is 0 Å². The predicted octanol–water partition coefficient (Wildman–Crippen LogP) is 2.43. The summed E-state index contributed by atoms with van der Waals surface area (Å²) in [4.78, 5) is 20.9. The van der Waals surface area contributed by atoms with Crippen molar-refractivity contribution in [3.63, 3.8) is 0 Å². The lowest BCUT2D eigenvalue weighted by Gasteiger charge is -2.29. The smallest absolute Gasteiger partial charge is 0.302 e. The summed E-state index contributed by atoms with van der Waals surface area (Å²) < 4.78 is 16.3. The Balaban J connectivity index is 1.87. The van der Waals surface area contributed by atoms with Crippen LogP contribution in [0.25, 0.3) is 0 Å². The van der Waals surface area contributed by atoms with Crippen LogP contribution >= 0.6 is 0 Å². The van der Waals surface area contributed by atoms with Crippen molar-refractivity contribution in [2.45, 2.75) is 38.6 Å². The standard InChI is InChI=1S/C14H17NO6/c1-10(16)19-9-13-3-2-4-14(21-13)20-12-7-5-11(6-8-12)15(17)18/h5-8,13-14H,2-4,9H2,1H3. The lowest BCUT2D eigenvalue weighted by molar-refractivity contribution is -0.384. The first-order valence-corrected chi connectivity index (χ1v) is 6.74. The van der Waals surface area contributed by atoms with E-state index in [2.05, 4.69) is 0 Å². The molecule has 0 aliphatic carbocycles. The Hall–Kier alpha value is -2.15. The summed E-state index contributed by atoms with van der Waals surface area (Å²) in [7, 11) is 0. The van der Waals surface area contributed by atoms with Crippen molar-refractivity contribution in [2.24, 2.45) is 0 Å². The zero-order valence-electron chi connectivity index (χ0n) is 11.7. The number of nitro groups is 1. The third-order valence-corrected chi connectivity index (χ3v) is 3.10. The summed E-state index contributed by atoms with van der Waals surface area (Å²) in [6.07, 6.45) is 1.84. The number of carbonyl (C=O) groups is 1. The molecule has 21 heavy (non-hydrogen) atoms. The lowest BCUT2D eigenvalue weighted by Crippen LogP contribution is -2.34. The number of non-ortho nitro benzene ring substituents is 1. The molecule has 1 aliphatic heterocycles. The van der Waals surface area contributed by atoms with E-state index in [1.165, 1.54) is 31.2 Å². The van der Waals surface area contributed by atoms with Gasteiger partial charge in [0.2, 0.25) is 0 Å². The second kappa shape index (κ2) is 7.03. The lowest BCUT2D eigenvalue weighted by atomic mass is 10.1. The average molecular weight is 295 g/mol. The highest BCUT2D eigenvalue weighted by Crippen LogP contribution is 2.24. The van der Waals surface area contributed by atoms with Crippen molar-refractivity contribution >= 4 is 11.7 Å². The molecule has 0 bridgehead atoms. The van der Waals surface area contributed by atoms with Crippen molar-refractivity contribution in [3.05, 3.63) is 34.4 Å². The Bertz CT molecular complexity index is 501. The van der Waals surface area contributed by atoms with Gasteiger partial charge in [-0.1, -0.05) is 0 Å². The second-order valence-corrected chi connectivity index (χ2v) is 4.79. The molecule has 0 N–H and O–H groups in total. The van der Waals surface area contributed by atoms with Crippen LogP contribution in [0.4, 0.5) is 5.69 Å². The molecule has 2 rings (SSSR count). The van der Waals surface area contributed by atoms with Gasteiger partial charge in [-0.05, 0) is 25.0 Å². The average Bonchev–Trinajstić information content (AvgIpc) is 2.46. The highest BCUT2D eigenvalue weighted by atomic mass is 16.7. The Labute approximate surface area is 122 Å². The molecule has 114 valence electrons. The quantitative estimate of drug-likeness (QED) is 0.471. The third-order valence-electron chi connectivity index (χ3n) is 3.10. The molecule has 1 aromatic rings. The Morgan fingerprint density at radius 2 is 2.10 bits per heavy atom. The fourth-order valence-electron chi connectivity index (χ4n) is 2.08. The Kier molecular flexibility index (Phi) is 5.10. The van der Waals surface area contributed by atoms with E-state index in [0.29, 0.717) is 5.75 Å². The van der Waals surface area contributed by atoms with Crippen LogP contribution < -0.4 is 4.74 Å². The van der Waals surface area contributed by atoms with Crippen LogP contribution in [0.3, 0.4) is 0 Å². The molecule has 0 aromatic heterocycles. The van der Waals surface area contributed by atoms with Crippen LogP contribution in [0, 0.1) is 10.1 Å². The van der Waals surface area contributed by atoms with E-state index in [1.807, 2.05) is 0 Å². The zero-order chi connectivity index (χ0) is 15.2. The normalized spacial score (nSPS) is 21.6. The molecule has 0 saturated carbocycles. The van der Waals surface area contributed by atoms with Gasteiger partial charge in [0, 0.05) is 25.5 Å². The molecule has 1 fully saturated rings. The first kappa shape index (κ1) is 15.2. The van der Waals surface area contributed by atoms with E-state index in [0.717, 1.165) is 19.3 Å². The summed E-state index contributed by atoms with van der Waals surface area (Å²) in [6, 6.07) is 5.84. The minimum atomic E-state index is -0.462. The number of rotatable bonds is 5. The summed E-state index contributed by atoms with van der Waals surface area (Å²) in [5, 5.41) is 10.6. The van der Waals surface area contributed by atoms with Gasteiger partial charge in [-0.25, -0.2) is 0 Å². The van der Waals surface area contributed by atoms with Crippen molar-refractivity contribution in [2.75, 3.05) is 6.61 Å². The van der Waals surface area contributed by atoms with E-state index in [-0.39, 0.29) is 24.4 Å². The van der Waals surface area contributed by atoms with Crippen LogP contribution in [0.1, 0.15) is 26.2 Å². The summed E-state index contributed by atoms with van der Waals surface area (Å²) in [6.45, 7) is 1.57. The number of hydrogen-bond acceptors (Lipinski definition) is 6. The van der Waals surface area contributed by atoms with Crippen molar-refractivity contribution in [1.82, 2.24) is 0 Å². The second-order valence-electron chi connectivity index (χ2n) is 4.79. The topological polar surface area (TPSA) is 87.9 Å². The maximum Gasteiger partial charge on any atom is 0.302 e. The fourth-order valence-corrected chi connectivity index (χ4v) is 2.08. The summed E-state index contributed by atoms with van der Waals surface area (Å²) in [5.74, 6) is 0.177. The van der Waals surface area contributed by atoms with Gasteiger partial charge in [-0.15, -0.1) is 0 Å². The Morgan fingerprint density at radius 1 is 1.38 bits per heavy atom. The molecule has 7 nitrogen and oxygen atoms in total. The molecule has 1 saturated heterocycles. The summed E-state index contributed by atoms with van der Waals surface area (Å²) in [5.41, 5.74) is 0.0136. The number of hydrogen-bond donors (Lipinski definition) is 0. The van der Waals surface area contributed by atoms with Gasteiger partial charge in [0.15, 0.2) is 6.29 Å². The first-order valence-electron chi connectivity index (χ1n) is 6.74. The van der Waals surface area contributed by atoms with Gasteiger partial charge in [0.05, 0.1) is 11.0 Å². The van der Waals surface area contributed by atoms with Gasteiger partial charge >= 0.3 is 5.97 Å². The van der Waals surface area contributed by atoms with E-state index in [9.17, 15) is 14.9 Å². The zero-order valence-corrected chi connectivity index (χ0v) is 11.7. The van der Waals surface area contributed by atoms with Crippen molar-refractivity contribution in [3.8, 4) is 5.75 Å². The molecule has 0 spiro atoms. The van der Waals surface area contributed by atoms with Gasteiger partial charge in [-0.3, -0.25) is 14.9 Å². The van der Waals surface area contributed by atoms with Crippen LogP contribution in [0.15, 0.2) is 24.3 Å². The van der Waals surface area contributed by atoms with Gasteiger partial charge in [0.25, 0.3) is 5.69 Å². The molecule has 1 heterocycles. The minimum absolute atomic E-state index is 0.0136. The SMILES string of the molecule is CC(=O)OCC1CCCC(Oc2ccc([N+](=O)[O-])cc2)O1. The number of ether oxygens (including phenoxy) is 3. The van der Waals surface area contributed by atoms with E-state index in [4.69, 9.17) is 14.2 Å². The largest absolute Gasteiger partial charge is 0.465 e. The van der Waals surface area contributed by atoms with Crippen LogP contribution in [-0.2, 0) is 14.3 Å². The molecule has 1 aliphatic rings. The van der Waals surface area contributed by atoms with Gasteiger partial charge in [0.1, 0.15) is 12.4 Å². The molecule has 2 unspecified atom stereocenters. The molecular formula is C14H17NO6. The van der Waals surface area contributed by atoms with Gasteiger partial charge in [-0.2, -0.15) is 0 Å². The van der Waals surface area contributed by atoms with Crippen molar-refractivity contribution in [1.29, 1.82) is 0 Å². The van der Waals surface area contributed by atoms with Crippen LogP contribution in [0.5, 0.6) is 5.75 Å². The van der Waals surface area contributed by atoms with Crippen LogP contribution in [0.2, 0.25) is 0 Å². The maximum atomic E-state index is 10.8. The number of carbonyl (C=O) groups excluding carboxylic acids is 1. The molecule has 1 aromatic carbocycles. The predicted molar refractivity (Wildman–Crippen MR) is 72.9 cm³/mol. The van der Waals surface area contributed by atoms with Crippen molar-refractivity contribution < 1.29 is 23.9 Å².